The van der Waals surface area contributed by atoms with Crippen LogP contribution in [0.1, 0.15) is 263 Å². The lowest BCUT2D eigenvalue weighted by atomic mass is 10.0. The van der Waals surface area contributed by atoms with Crippen molar-refractivity contribution in [3.63, 3.8) is 0 Å². The number of nitrogens with one attached hydrogen (secondary N) is 9. The number of unbranched alkanes of at least 4 members (excludes halogenated alkanes) is 2. The van der Waals surface area contributed by atoms with Gasteiger partial charge < -0.3 is 47.9 Å². The number of hydrogen-bond acceptors (Lipinski definition) is 15. The van der Waals surface area contributed by atoms with Crippen LogP contribution in [0.4, 0.5) is 0 Å². The summed E-state index contributed by atoms with van der Waals surface area (Å²) in [6.07, 6.45) is 9.98. The minimum Gasteiger partial charge on any atom is -0.355 e. The predicted octanol–water partition coefficient (Wildman–Crippen LogP) is 6.85. The van der Waals surface area contributed by atoms with Crippen molar-refractivity contribution < 1.29 is 71.9 Å². The van der Waals surface area contributed by atoms with Crippen LogP contribution in [0.25, 0.3) is 0 Å². The first-order valence-electron chi connectivity index (χ1n) is 31.9. The van der Waals surface area contributed by atoms with E-state index in [1.807, 2.05) is 6.92 Å². The molecule has 92 heavy (non-hydrogen) atoms. The summed E-state index contributed by atoms with van der Waals surface area (Å²) in [7, 11) is 4.44. The molecular formula is C68H97N9O15. The van der Waals surface area contributed by atoms with Crippen LogP contribution in [-0.4, -0.2) is 148 Å². The summed E-state index contributed by atoms with van der Waals surface area (Å²) in [6, 6.07) is 12.9. The van der Waals surface area contributed by atoms with Crippen molar-refractivity contribution in [3.05, 3.63) is 105 Å². The van der Waals surface area contributed by atoms with E-state index in [4.69, 9.17) is 0 Å². The van der Waals surface area contributed by atoms with Crippen molar-refractivity contribution in [3.8, 4) is 0 Å². The molecule has 0 aliphatic rings. The maximum atomic E-state index is 12.8. The predicted molar refractivity (Wildman–Crippen MR) is 350 cm³/mol. The average molecular weight is 1280 g/mol. The Balaban J connectivity index is 0.000000731. The molecule has 0 radical (unpaired) electrons. The molecule has 0 unspecified atom stereocenters. The Hall–Kier alpha value is -9.09. The second-order valence-corrected chi connectivity index (χ2v) is 21.4. The molecule has 9 amide bonds. The third-order valence-corrected chi connectivity index (χ3v) is 14.2. The molecule has 0 saturated carbocycles. The van der Waals surface area contributed by atoms with Gasteiger partial charge in [0.2, 0.25) is 0 Å². The first-order valence-corrected chi connectivity index (χ1v) is 31.9. The fourth-order valence-corrected chi connectivity index (χ4v) is 8.43. The standard InChI is InChI=1S/C29H43N3O6.C27H39N3O6.C12H15N3O3/c1-4-24(33)12-8-7-9-15-30-27(36)21-18-22(28(37)31-16-10-13-25(34)5-2)20-23(19-21)29(38)32-17-11-14-26(35)6-3;1-4-22(31)10-7-13-28-25(34)19-16-20(26(35)29-14-8-11-23(32)5-2)18-21(17-19)27(36)30-15-9-12-24(33)6-3;1-13-10(16)7-4-8(11(17)14-2)6-9(5-7)12(18)15-3/h18-20H,4-17H2,1-3H3,(H,30,36)(H,31,37)(H,32,38);16-18H,4-15H2,1-3H3,(H,28,34)(H,29,35)(H,30,36);4-6H,1-3H3,(H,13,16)(H,14,17)(H,15,18). The number of ketones is 6. The number of Topliss-reactive ketones (excluding diaryl/α,β-unsaturated/α-hetero) is 6. The number of rotatable bonds is 41. The van der Waals surface area contributed by atoms with Gasteiger partial charge in [-0.15, -0.1) is 0 Å². The lowest BCUT2D eigenvalue weighted by molar-refractivity contribution is -0.119. The molecule has 0 aromatic heterocycles. The van der Waals surface area contributed by atoms with E-state index in [1.54, 1.807) is 34.6 Å². The van der Waals surface area contributed by atoms with E-state index < -0.39 is 35.4 Å². The van der Waals surface area contributed by atoms with Gasteiger partial charge in [-0.3, -0.25) is 71.9 Å². The molecule has 0 saturated heterocycles. The molecule has 3 aromatic carbocycles. The van der Waals surface area contributed by atoms with Gasteiger partial charge in [0, 0.05) is 188 Å². The SMILES string of the molecule is CCC(=O)CCCCCNC(=O)c1cc(C(=O)NCCCC(=O)CC)cc(C(=O)NCCCC(=O)CC)c1.CCC(=O)CCCNC(=O)c1cc(C(=O)NCCCC(=O)CC)cc(C(=O)NCCCC(=O)CC)c1.CNC(=O)c1cc(C(=O)NC)cc(C(=O)NC)c1. The van der Waals surface area contributed by atoms with Gasteiger partial charge >= 0.3 is 0 Å². The molecule has 0 bridgehead atoms. The fourth-order valence-electron chi connectivity index (χ4n) is 8.43. The van der Waals surface area contributed by atoms with Gasteiger partial charge in [-0.05, 0) is 99.5 Å². The molecule has 9 N–H and O–H groups in total. The highest BCUT2D eigenvalue weighted by Crippen LogP contribution is 2.16. The zero-order valence-corrected chi connectivity index (χ0v) is 55.2. The Morgan fingerprint density at radius 1 is 0.217 bits per heavy atom. The highest BCUT2D eigenvalue weighted by Gasteiger charge is 2.20. The Morgan fingerprint density at radius 3 is 0.533 bits per heavy atom. The Labute approximate surface area is 540 Å². The average Bonchev–Trinajstić information content (AvgIpc) is 0.929. The number of carbonyl (C=O) groups excluding carboxylic acids is 15. The minimum atomic E-state index is -0.454. The normalized spacial score (nSPS) is 10.3. The van der Waals surface area contributed by atoms with Crippen molar-refractivity contribution >= 4 is 87.9 Å². The third kappa shape index (κ3) is 33.1. The largest absolute Gasteiger partial charge is 0.355 e. The monoisotopic (exact) mass is 1280 g/mol. The van der Waals surface area contributed by atoms with E-state index in [1.165, 1.54) is 75.7 Å². The van der Waals surface area contributed by atoms with Crippen LogP contribution in [0.2, 0.25) is 0 Å². The summed E-state index contributed by atoms with van der Waals surface area (Å²) in [4.78, 5) is 180. The first-order chi connectivity index (χ1) is 43.9. The van der Waals surface area contributed by atoms with Crippen LogP contribution in [0.15, 0.2) is 54.6 Å². The van der Waals surface area contributed by atoms with Crippen molar-refractivity contribution in [2.24, 2.45) is 0 Å². The minimum absolute atomic E-state index is 0.114. The molecule has 3 aromatic rings. The van der Waals surface area contributed by atoms with Gasteiger partial charge in [0.25, 0.3) is 53.2 Å². The number of amides is 9. The van der Waals surface area contributed by atoms with Gasteiger partial charge in [-0.2, -0.15) is 0 Å². The zero-order chi connectivity index (χ0) is 69.0. The van der Waals surface area contributed by atoms with E-state index >= 15 is 0 Å². The summed E-state index contributed by atoms with van der Waals surface area (Å²) < 4.78 is 0. The van der Waals surface area contributed by atoms with Gasteiger partial charge in [-0.1, -0.05) is 48.0 Å². The van der Waals surface area contributed by atoms with Gasteiger partial charge in [0.1, 0.15) is 34.7 Å². The Kier molecular flexibility index (Phi) is 41.3. The maximum absolute atomic E-state index is 12.8. The molecule has 0 aliphatic carbocycles. The maximum Gasteiger partial charge on any atom is 0.251 e. The lowest BCUT2D eigenvalue weighted by Gasteiger charge is -2.12. The van der Waals surface area contributed by atoms with E-state index in [-0.39, 0.29) is 102 Å². The van der Waals surface area contributed by atoms with Crippen molar-refractivity contribution in [1.29, 1.82) is 0 Å². The Bertz CT molecular complexity index is 2760. The summed E-state index contributed by atoms with van der Waals surface area (Å²) in [6.45, 7) is 12.7. The van der Waals surface area contributed by atoms with Crippen LogP contribution in [0, 0.1) is 0 Å². The molecule has 0 aliphatic heterocycles. The molecular weight excluding hydrogens is 1180 g/mol. The van der Waals surface area contributed by atoms with E-state index in [0.717, 1.165) is 12.8 Å². The van der Waals surface area contributed by atoms with Crippen LogP contribution < -0.4 is 47.9 Å². The summed E-state index contributed by atoms with van der Waals surface area (Å²) in [5.41, 5.74) is 1.76. The molecule has 0 heterocycles. The molecule has 24 heteroatoms. The number of hydrogen-bond donors (Lipinski definition) is 9. The molecule has 0 fully saturated rings. The van der Waals surface area contributed by atoms with Gasteiger partial charge in [0.05, 0.1) is 0 Å². The third-order valence-electron chi connectivity index (χ3n) is 14.2. The topological polar surface area (TPSA) is 364 Å². The Morgan fingerprint density at radius 2 is 0.370 bits per heavy atom. The molecule has 24 nitrogen and oxygen atoms in total. The van der Waals surface area contributed by atoms with Crippen molar-refractivity contribution in [2.75, 3.05) is 60.4 Å². The summed E-state index contributed by atoms with van der Waals surface area (Å²) >= 11 is 0. The highest BCUT2D eigenvalue weighted by molar-refractivity contribution is 6.07. The van der Waals surface area contributed by atoms with E-state index in [2.05, 4.69) is 47.9 Å². The first kappa shape index (κ1) is 80.9. The van der Waals surface area contributed by atoms with Gasteiger partial charge in [-0.25, -0.2) is 0 Å². The number of carbonyl (C=O) groups is 15. The van der Waals surface area contributed by atoms with Crippen molar-refractivity contribution in [1.82, 2.24) is 47.9 Å². The van der Waals surface area contributed by atoms with E-state index in [9.17, 15) is 71.9 Å². The quantitative estimate of drug-likeness (QED) is 0.0262. The van der Waals surface area contributed by atoms with Crippen LogP contribution in [0.3, 0.4) is 0 Å². The van der Waals surface area contributed by atoms with Gasteiger partial charge in [0.15, 0.2) is 0 Å². The second-order valence-electron chi connectivity index (χ2n) is 21.4. The molecule has 504 valence electrons. The highest BCUT2D eigenvalue weighted by atomic mass is 16.2. The van der Waals surface area contributed by atoms with Crippen LogP contribution >= 0.6 is 0 Å². The second kappa shape index (κ2) is 46.9. The van der Waals surface area contributed by atoms with Crippen LogP contribution in [-0.2, 0) is 28.8 Å². The summed E-state index contributed by atoms with van der Waals surface area (Å²) in [5, 5.41) is 23.8. The zero-order valence-electron chi connectivity index (χ0n) is 55.2. The molecule has 3 rings (SSSR count). The van der Waals surface area contributed by atoms with Crippen LogP contribution in [0.5, 0.6) is 0 Å². The molecule has 0 spiro atoms. The van der Waals surface area contributed by atoms with E-state index in [0.29, 0.717) is 155 Å². The fraction of sp³-hybridized carbons (Fsp3) is 0.515. The smallest absolute Gasteiger partial charge is 0.251 e. The molecule has 0 atom stereocenters. The number of benzene rings is 3. The van der Waals surface area contributed by atoms with Crippen molar-refractivity contribution in [2.45, 2.75) is 170 Å². The summed E-state index contributed by atoms with van der Waals surface area (Å²) in [5.74, 6) is -2.90. The lowest BCUT2D eigenvalue weighted by Crippen LogP contribution is -2.29.